The zero-order valence-corrected chi connectivity index (χ0v) is 21.5. The van der Waals surface area contributed by atoms with Gasteiger partial charge in [-0.25, -0.2) is 19.3 Å². The predicted molar refractivity (Wildman–Crippen MR) is 137 cm³/mol. The Bertz CT molecular complexity index is 1530. The van der Waals surface area contributed by atoms with Crippen LogP contribution in [0.25, 0.3) is 22.2 Å². The number of carbonyl (C=O) groups is 1. The summed E-state index contributed by atoms with van der Waals surface area (Å²) in [6.45, 7) is 1.28. The number of aromatic nitrogens is 4. The van der Waals surface area contributed by atoms with Gasteiger partial charge in [0.05, 0.1) is 30.1 Å². The van der Waals surface area contributed by atoms with Crippen LogP contribution >= 0.6 is 0 Å². The molecule has 0 amide bonds. The first-order valence-electron chi connectivity index (χ1n) is 13.0. The highest BCUT2D eigenvalue weighted by Crippen LogP contribution is 2.62. The molecule has 4 aromatic rings. The Labute approximate surface area is 223 Å². The van der Waals surface area contributed by atoms with E-state index in [2.05, 4.69) is 19.7 Å². The first-order chi connectivity index (χ1) is 18.8. The van der Waals surface area contributed by atoms with Gasteiger partial charge in [-0.3, -0.25) is 4.79 Å². The van der Waals surface area contributed by atoms with Crippen LogP contribution in [0.15, 0.2) is 48.8 Å². The number of hydrogen-bond donors (Lipinski definition) is 0. The van der Waals surface area contributed by atoms with Crippen LogP contribution in [-0.4, -0.2) is 38.7 Å². The lowest BCUT2D eigenvalue weighted by Crippen LogP contribution is -2.13. The van der Waals surface area contributed by atoms with Crippen LogP contribution in [0.1, 0.15) is 42.9 Å². The smallest absolute Gasteiger partial charge is 0.387 e. The highest BCUT2D eigenvalue weighted by atomic mass is 19.3. The molecule has 0 radical (unpaired) electrons. The number of alkyl halides is 2. The van der Waals surface area contributed by atoms with Crippen LogP contribution < -0.4 is 4.74 Å². The van der Waals surface area contributed by atoms with Crippen molar-refractivity contribution in [3.05, 3.63) is 71.8 Å². The molecule has 2 fully saturated rings. The van der Waals surface area contributed by atoms with E-state index in [9.17, 15) is 13.6 Å². The summed E-state index contributed by atoms with van der Waals surface area (Å²) in [6, 6.07) is 9.63. The quantitative estimate of drug-likeness (QED) is 0.261. The van der Waals surface area contributed by atoms with Crippen LogP contribution in [0.2, 0.25) is 0 Å². The van der Waals surface area contributed by atoms with E-state index in [-0.39, 0.29) is 30.1 Å². The minimum Gasteiger partial charge on any atom is -0.466 e. The maximum Gasteiger partial charge on any atom is 0.387 e. The molecule has 2 heterocycles. The van der Waals surface area contributed by atoms with E-state index in [0.29, 0.717) is 57.8 Å². The van der Waals surface area contributed by atoms with Gasteiger partial charge < -0.3 is 14.0 Å². The molecule has 39 heavy (non-hydrogen) atoms. The third kappa shape index (κ3) is 4.72. The van der Waals surface area contributed by atoms with Gasteiger partial charge in [0.25, 0.3) is 0 Å². The second-order valence-electron chi connectivity index (χ2n) is 10.2. The Morgan fingerprint density at radius 1 is 1.13 bits per heavy atom. The van der Waals surface area contributed by atoms with Crippen LogP contribution in [0.3, 0.4) is 0 Å². The third-order valence-corrected chi connectivity index (χ3v) is 7.90. The van der Waals surface area contributed by atoms with Crippen LogP contribution in [-0.2, 0) is 16.1 Å². The van der Waals surface area contributed by atoms with E-state index in [0.717, 1.165) is 12.8 Å². The van der Waals surface area contributed by atoms with Crippen molar-refractivity contribution in [1.82, 2.24) is 19.5 Å². The van der Waals surface area contributed by atoms with Gasteiger partial charge in [-0.1, -0.05) is 18.2 Å². The number of para-hydroxylation sites is 1. The lowest BCUT2D eigenvalue weighted by atomic mass is 9.99. The van der Waals surface area contributed by atoms with Crippen molar-refractivity contribution >= 4 is 17.0 Å². The fraction of sp³-hybridized carbons (Fsp3) is 0.379. The van der Waals surface area contributed by atoms with Gasteiger partial charge >= 0.3 is 12.6 Å². The number of carbonyl (C=O) groups excluding carboxylic acids is 1. The Morgan fingerprint density at radius 3 is 2.54 bits per heavy atom. The summed E-state index contributed by atoms with van der Waals surface area (Å²) in [5, 5.41) is 0. The first-order valence-corrected chi connectivity index (χ1v) is 13.0. The SMILES string of the molecule is CCOC(=O)C1C2CC(c3ncc(-c4cc5c(cc4F)nc(C)n5Cc4ccccc4OC(F)F)cn3)CC21. The van der Waals surface area contributed by atoms with E-state index in [1.165, 1.54) is 12.1 Å². The van der Waals surface area contributed by atoms with Crippen LogP contribution in [0, 0.1) is 30.5 Å². The van der Waals surface area contributed by atoms with Gasteiger partial charge in [0.2, 0.25) is 0 Å². The molecule has 10 heteroatoms. The molecule has 0 saturated heterocycles. The summed E-state index contributed by atoms with van der Waals surface area (Å²) in [7, 11) is 0. The average molecular weight is 537 g/mol. The normalized spacial score (nSPS) is 21.8. The second kappa shape index (κ2) is 9.98. The van der Waals surface area contributed by atoms with E-state index < -0.39 is 12.4 Å². The lowest BCUT2D eigenvalue weighted by molar-refractivity contribution is -0.145. The summed E-state index contributed by atoms with van der Waals surface area (Å²) >= 11 is 0. The van der Waals surface area contributed by atoms with Crippen molar-refractivity contribution in [3.8, 4) is 16.9 Å². The van der Waals surface area contributed by atoms with Gasteiger partial charge in [0.1, 0.15) is 23.2 Å². The molecule has 0 spiro atoms. The summed E-state index contributed by atoms with van der Waals surface area (Å²) in [5.74, 6) is 1.67. The van der Waals surface area contributed by atoms with Crippen molar-refractivity contribution in [2.75, 3.05) is 6.61 Å². The third-order valence-electron chi connectivity index (χ3n) is 7.90. The van der Waals surface area contributed by atoms with Crippen molar-refractivity contribution in [1.29, 1.82) is 0 Å². The molecule has 7 nitrogen and oxygen atoms in total. The Kier molecular flexibility index (Phi) is 6.48. The molecule has 2 saturated carbocycles. The van der Waals surface area contributed by atoms with Gasteiger partial charge in [-0.2, -0.15) is 8.78 Å². The molecular weight excluding hydrogens is 509 g/mol. The predicted octanol–water partition coefficient (Wildman–Crippen LogP) is 5.89. The minimum absolute atomic E-state index is 0.00325. The van der Waals surface area contributed by atoms with E-state index in [1.807, 2.05) is 11.5 Å². The summed E-state index contributed by atoms with van der Waals surface area (Å²) in [5.41, 5.74) is 2.51. The monoisotopic (exact) mass is 536 g/mol. The number of halogens is 3. The molecule has 2 aliphatic rings. The molecule has 0 bridgehead atoms. The molecule has 2 unspecified atom stereocenters. The second-order valence-corrected chi connectivity index (χ2v) is 10.2. The maximum absolute atomic E-state index is 15.2. The Hall–Kier alpha value is -3.95. The molecule has 202 valence electrons. The molecule has 2 aromatic heterocycles. The average Bonchev–Trinajstić information content (AvgIpc) is 3.25. The van der Waals surface area contributed by atoms with Crippen molar-refractivity contribution < 1.29 is 27.4 Å². The summed E-state index contributed by atoms with van der Waals surface area (Å²) < 4.78 is 52.7. The zero-order valence-electron chi connectivity index (χ0n) is 21.5. The van der Waals surface area contributed by atoms with Crippen LogP contribution in [0.5, 0.6) is 5.75 Å². The molecule has 6 rings (SSSR count). The molecule has 0 N–H and O–H groups in total. The number of esters is 1. The Balaban J connectivity index is 1.24. The summed E-state index contributed by atoms with van der Waals surface area (Å²) in [4.78, 5) is 25.6. The van der Waals surface area contributed by atoms with Crippen molar-refractivity contribution in [2.24, 2.45) is 17.8 Å². The van der Waals surface area contributed by atoms with Crippen molar-refractivity contribution in [3.63, 3.8) is 0 Å². The van der Waals surface area contributed by atoms with Gasteiger partial charge in [-0.15, -0.1) is 0 Å². The fourth-order valence-electron chi connectivity index (χ4n) is 6.03. The van der Waals surface area contributed by atoms with E-state index >= 15 is 4.39 Å². The molecule has 0 aliphatic heterocycles. The molecule has 2 atom stereocenters. The van der Waals surface area contributed by atoms with Gasteiger partial charge in [0.15, 0.2) is 0 Å². The molecule has 2 aliphatic carbocycles. The summed E-state index contributed by atoms with van der Waals surface area (Å²) in [6.07, 6.45) is 4.95. The molecular formula is C29H27F3N4O3. The standard InChI is InChI=1S/C29H27F3N4O3/c1-3-38-28(37)26-20-8-17(9-21(20)26)27-33-12-18(13-34-27)19-10-24-23(11-22(19)30)35-15(2)36(24)14-16-6-4-5-7-25(16)39-29(31)32/h4-7,10-13,17,20-21,26,29H,3,8-9,14H2,1-2H3. The number of rotatable bonds is 8. The van der Waals surface area contributed by atoms with E-state index in [1.54, 1.807) is 43.6 Å². The number of hydrogen-bond acceptors (Lipinski definition) is 6. The topological polar surface area (TPSA) is 79.1 Å². The minimum atomic E-state index is -2.94. The molecule has 2 aromatic carbocycles. The maximum atomic E-state index is 15.2. The zero-order chi connectivity index (χ0) is 27.3. The van der Waals surface area contributed by atoms with Gasteiger partial charge in [0, 0.05) is 41.1 Å². The van der Waals surface area contributed by atoms with E-state index in [4.69, 9.17) is 4.74 Å². The fourth-order valence-corrected chi connectivity index (χ4v) is 6.03. The number of benzene rings is 2. The number of aryl methyl sites for hydroxylation is 1. The highest BCUT2D eigenvalue weighted by molar-refractivity contribution is 5.83. The first kappa shape index (κ1) is 25.3. The number of ether oxygens (including phenoxy) is 2. The Morgan fingerprint density at radius 2 is 1.85 bits per heavy atom. The lowest BCUT2D eigenvalue weighted by Gasteiger charge is -2.14. The number of nitrogens with zero attached hydrogens (tertiary/aromatic N) is 4. The van der Waals surface area contributed by atoms with Crippen LogP contribution in [0.4, 0.5) is 13.2 Å². The number of imidazole rings is 1. The van der Waals surface area contributed by atoms with Gasteiger partial charge in [-0.05, 0) is 50.7 Å². The van der Waals surface area contributed by atoms with Crippen molar-refractivity contribution in [2.45, 2.75) is 45.8 Å². The number of fused-ring (bicyclic) bond motifs is 2. The highest BCUT2D eigenvalue weighted by Gasteiger charge is 2.60. The largest absolute Gasteiger partial charge is 0.466 e.